The molecule has 0 saturated carbocycles. The molecule has 0 unspecified atom stereocenters. The average Bonchev–Trinajstić information content (AvgIpc) is 2.01. The largest absolute Gasteiger partial charge is 0.325 e. The Bertz CT molecular complexity index is 200. The second kappa shape index (κ2) is 3.93. The molecule has 82 valence electrons. The summed E-state index contributed by atoms with van der Waals surface area (Å²) in [5, 5.41) is 2.39. The fraction of sp³-hybridized carbons (Fsp3) is 0.833. The zero-order valence-electron chi connectivity index (χ0n) is 10.2. The van der Waals surface area contributed by atoms with Crippen molar-refractivity contribution in [2.75, 3.05) is 0 Å². The van der Waals surface area contributed by atoms with Crippen LogP contribution in [0.25, 0.3) is 0 Å². The van der Waals surface area contributed by atoms with Crippen molar-refractivity contribution in [2.24, 2.45) is 0 Å². The van der Waals surface area contributed by atoms with E-state index in [1.807, 2.05) is 19.2 Å². The molecule has 0 spiro atoms. The first-order valence-electron chi connectivity index (χ1n) is 5.58. The molecule has 1 aliphatic heterocycles. The molecule has 1 N–H and O–H groups in total. The van der Waals surface area contributed by atoms with E-state index in [-0.39, 0.29) is 11.1 Å². The number of rotatable bonds is 2. The zero-order chi connectivity index (χ0) is 10.8. The minimum atomic E-state index is 0.251. The van der Waals surface area contributed by atoms with Crippen LogP contribution in [-0.4, -0.2) is 16.1 Å². The number of hydrogen-bond acceptors (Lipinski definition) is 2. The lowest BCUT2D eigenvalue weighted by Gasteiger charge is -2.52. The lowest BCUT2D eigenvalue weighted by molar-refractivity contribution is -0.0570. The molecule has 0 amide bonds. The summed E-state index contributed by atoms with van der Waals surface area (Å²) in [6.45, 7) is 11.3. The summed E-state index contributed by atoms with van der Waals surface area (Å²) in [6, 6.07) is 0. The normalized spacial score (nSPS) is 26.6. The molecular weight excluding hydrogens is 172 g/mol. The van der Waals surface area contributed by atoms with E-state index in [2.05, 4.69) is 38.1 Å². The Morgan fingerprint density at radius 1 is 1.07 bits per heavy atom. The van der Waals surface area contributed by atoms with Crippen LogP contribution < -0.4 is 5.43 Å². The molecule has 0 aliphatic carbocycles. The van der Waals surface area contributed by atoms with Gasteiger partial charge >= 0.3 is 0 Å². The van der Waals surface area contributed by atoms with Crippen molar-refractivity contribution in [1.82, 2.24) is 10.4 Å². The van der Waals surface area contributed by atoms with Crippen LogP contribution in [0.1, 0.15) is 53.9 Å². The highest BCUT2D eigenvalue weighted by Gasteiger charge is 2.40. The summed E-state index contributed by atoms with van der Waals surface area (Å²) in [5.41, 5.74) is 3.91. The van der Waals surface area contributed by atoms with Crippen molar-refractivity contribution < 1.29 is 0 Å². The number of nitrogens with one attached hydrogen (secondary N) is 1. The van der Waals surface area contributed by atoms with Gasteiger partial charge in [-0.15, -0.1) is 0 Å². The van der Waals surface area contributed by atoms with Crippen molar-refractivity contribution in [3.8, 4) is 0 Å². The van der Waals surface area contributed by atoms with Crippen LogP contribution in [0.2, 0.25) is 0 Å². The van der Waals surface area contributed by atoms with Gasteiger partial charge in [0, 0.05) is 17.3 Å². The first-order chi connectivity index (χ1) is 6.40. The maximum absolute atomic E-state index is 3.40. The zero-order valence-corrected chi connectivity index (χ0v) is 10.2. The second-order valence-electron chi connectivity index (χ2n) is 5.44. The number of allylic oxidation sites excluding steroid dienone is 1. The topological polar surface area (TPSA) is 15.3 Å². The summed E-state index contributed by atoms with van der Waals surface area (Å²) in [5.74, 6) is 0. The lowest BCUT2D eigenvalue weighted by atomic mass is 9.82. The lowest BCUT2D eigenvalue weighted by Crippen LogP contribution is -2.62. The Balaban J connectivity index is 2.80. The first-order valence-corrected chi connectivity index (χ1v) is 5.58. The monoisotopic (exact) mass is 196 g/mol. The maximum Gasteiger partial charge on any atom is 0.0351 e. The molecular formula is C12H24N2. The van der Waals surface area contributed by atoms with Gasteiger partial charge in [0.05, 0.1) is 0 Å². The molecule has 0 aromatic rings. The molecule has 1 aliphatic rings. The van der Waals surface area contributed by atoms with Crippen LogP contribution in [0, 0.1) is 0 Å². The molecule has 0 aromatic carbocycles. The van der Waals surface area contributed by atoms with Gasteiger partial charge in [0.15, 0.2) is 0 Å². The van der Waals surface area contributed by atoms with Gasteiger partial charge in [-0.05, 0) is 53.9 Å². The molecule has 0 aromatic heterocycles. The van der Waals surface area contributed by atoms with Crippen molar-refractivity contribution in [3.63, 3.8) is 0 Å². The number of piperidine rings is 1. The highest BCUT2D eigenvalue weighted by Crippen LogP contribution is 2.36. The molecule has 1 saturated heterocycles. The van der Waals surface area contributed by atoms with Crippen LogP contribution in [-0.2, 0) is 0 Å². The minimum absolute atomic E-state index is 0.251. The summed E-state index contributed by atoms with van der Waals surface area (Å²) >= 11 is 0. The smallest absolute Gasteiger partial charge is 0.0351 e. The Morgan fingerprint density at radius 3 is 2.00 bits per heavy atom. The summed E-state index contributed by atoms with van der Waals surface area (Å²) in [6.07, 6.45) is 7.92. The molecule has 0 atom stereocenters. The van der Waals surface area contributed by atoms with Crippen LogP contribution in [0.5, 0.6) is 0 Å². The van der Waals surface area contributed by atoms with E-state index in [1.165, 1.54) is 19.3 Å². The second-order valence-corrected chi connectivity index (χ2v) is 5.44. The number of nitrogens with zero attached hydrogens (tertiary/aromatic N) is 1. The van der Waals surface area contributed by atoms with Crippen LogP contribution >= 0.6 is 0 Å². The van der Waals surface area contributed by atoms with Crippen LogP contribution in [0.4, 0.5) is 0 Å². The third kappa shape index (κ3) is 2.30. The summed E-state index contributed by atoms with van der Waals surface area (Å²) in [4.78, 5) is 0. The quantitative estimate of drug-likeness (QED) is 0.730. The number of hydrogen-bond donors (Lipinski definition) is 1. The predicted octanol–water partition coefficient (Wildman–Crippen LogP) is 3.07. The van der Waals surface area contributed by atoms with E-state index in [0.717, 1.165) is 0 Å². The molecule has 0 radical (unpaired) electrons. The van der Waals surface area contributed by atoms with Crippen LogP contribution in [0.3, 0.4) is 0 Å². The summed E-state index contributed by atoms with van der Waals surface area (Å²) in [7, 11) is 0. The molecule has 1 rings (SSSR count). The first kappa shape index (κ1) is 11.6. The van der Waals surface area contributed by atoms with Crippen molar-refractivity contribution in [3.05, 3.63) is 12.3 Å². The fourth-order valence-corrected chi connectivity index (χ4v) is 2.50. The van der Waals surface area contributed by atoms with E-state index < -0.39 is 0 Å². The van der Waals surface area contributed by atoms with E-state index in [4.69, 9.17) is 0 Å². The van der Waals surface area contributed by atoms with Gasteiger partial charge in [-0.25, -0.2) is 5.01 Å². The minimum Gasteiger partial charge on any atom is -0.325 e. The van der Waals surface area contributed by atoms with Gasteiger partial charge in [-0.1, -0.05) is 6.08 Å². The van der Waals surface area contributed by atoms with Gasteiger partial charge < -0.3 is 5.43 Å². The highest BCUT2D eigenvalue weighted by molar-refractivity contribution is 4.96. The Morgan fingerprint density at radius 2 is 1.57 bits per heavy atom. The van der Waals surface area contributed by atoms with Crippen molar-refractivity contribution >= 4 is 0 Å². The van der Waals surface area contributed by atoms with Gasteiger partial charge in [0.2, 0.25) is 0 Å². The van der Waals surface area contributed by atoms with Gasteiger partial charge in [-0.3, -0.25) is 0 Å². The molecule has 1 heterocycles. The Hall–Kier alpha value is -0.500. The molecule has 0 bridgehead atoms. The fourth-order valence-electron chi connectivity index (χ4n) is 2.50. The molecule has 14 heavy (non-hydrogen) atoms. The van der Waals surface area contributed by atoms with Gasteiger partial charge in [-0.2, -0.15) is 0 Å². The maximum atomic E-state index is 3.40. The molecule has 1 fully saturated rings. The SMILES string of the molecule is CC=CNN1C(C)(C)CCCC1(C)C. The predicted molar refractivity (Wildman–Crippen MR) is 61.8 cm³/mol. The van der Waals surface area contributed by atoms with Crippen molar-refractivity contribution in [1.29, 1.82) is 0 Å². The third-order valence-electron chi connectivity index (χ3n) is 3.16. The van der Waals surface area contributed by atoms with E-state index in [1.54, 1.807) is 0 Å². The van der Waals surface area contributed by atoms with E-state index in [9.17, 15) is 0 Å². The third-order valence-corrected chi connectivity index (χ3v) is 3.16. The van der Waals surface area contributed by atoms with Crippen molar-refractivity contribution in [2.45, 2.75) is 65.0 Å². The highest BCUT2D eigenvalue weighted by atomic mass is 15.6. The van der Waals surface area contributed by atoms with Crippen LogP contribution in [0.15, 0.2) is 12.3 Å². The molecule has 2 heteroatoms. The van der Waals surface area contributed by atoms with E-state index in [0.29, 0.717) is 0 Å². The van der Waals surface area contributed by atoms with Gasteiger partial charge in [0.1, 0.15) is 0 Å². The average molecular weight is 196 g/mol. The van der Waals surface area contributed by atoms with E-state index >= 15 is 0 Å². The Labute approximate surface area is 88.3 Å². The number of hydrazine groups is 1. The Kier molecular flexibility index (Phi) is 3.25. The van der Waals surface area contributed by atoms with Gasteiger partial charge in [0.25, 0.3) is 0 Å². The summed E-state index contributed by atoms with van der Waals surface area (Å²) < 4.78 is 0. The molecule has 2 nitrogen and oxygen atoms in total. The standard InChI is InChI=1S/C12H24N2/c1-6-10-13-14-11(2,3)8-7-9-12(14,4)5/h6,10,13H,7-9H2,1-5H3.